The van der Waals surface area contributed by atoms with Gasteiger partial charge in [-0.15, -0.1) is 0 Å². The highest BCUT2D eigenvalue weighted by atomic mass is 14.9. The SMILES string of the molecule is C1=CCCC(NC2C=C(c3cc4cc(c3)-c3ccccc3NCC4)CCC2c2ccccc2)=C1. The minimum absolute atomic E-state index is 0.304. The molecule has 2 nitrogen and oxygen atoms in total. The normalized spacial score (nSPS) is 21.3. The third-order valence-corrected chi connectivity index (χ3v) is 7.46. The molecule has 0 aromatic heterocycles. The first kappa shape index (κ1) is 21.0. The first-order valence-electron chi connectivity index (χ1n) is 12.7. The number of benzene rings is 3. The zero-order chi connectivity index (χ0) is 22.7. The van der Waals surface area contributed by atoms with E-state index >= 15 is 0 Å². The molecule has 3 aromatic rings. The summed E-state index contributed by atoms with van der Waals surface area (Å²) in [7, 11) is 0. The van der Waals surface area contributed by atoms with Gasteiger partial charge in [-0.3, -0.25) is 0 Å². The molecule has 0 amide bonds. The molecule has 0 saturated heterocycles. The van der Waals surface area contributed by atoms with Crippen molar-refractivity contribution in [3.8, 4) is 11.1 Å². The lowest BCUT2D eigenvalue weighted by Crippen LogP contribution is -2.35. The molecular weight excluding hydrogens is 412 g/mol. The Morgan fingerprint density at radius 3 is 2.56 bits per heavy atom. The van der Waals surface area contributed by atoms with Crippen molar-refractivity contribution in [2.75, 3.05) is 11.9 Å². The summed E-state index contributed by atoms with van der Waals surface area (Å²) in [5, 5.41) is 7.54. The number of nitrogens with one attached hydrogen (secondary N) is 2. The van der Waals surface area contributed by atoms with Crippen molar-refractivity contribution < 1.29 is 0 Å². The maximum atomic E-state index is 3.92. The van der Waals surface area contributed by atoms with Gasteiger partial charge in [0.15, 0.2) is 0 Å². The van der Waals surface area contributed by atoms with Gasteiger partial charge >= 0.3 is 0 Å². The summed E-state index contributed by atoms with van der Waals surface area (Å²) in [4.78, 5) is 0. The van der Waals surface area contributed by atoms with E-state index in [0.717, 1.165) is 38.6 Å². The second-order valence-corrected chi connectivity index (χ2v) is 9.72. The van der Waals surface area contributed by atoms with Crippen molar-refractivity contribution in [1.29, 1.82) is 0 Å². The molecule has 2 heteroatoms. The van der Waals surface area contributed by atoms with Crippen LogP contribution < -0.4 is 10.6 Å². The van der Waals surface area contributed by atoms with Crippen LogP contribution in [0.2, 0.25) is 0 Å². The van der Waals surface area contributed by atoms with Crippen molar-refractivity contribution in [2.45, 2.75) is 44.1 Å². The molecular formula is C32H32N2. The van der Waals surface area contributed by atoms with Crippen LogP contribution in [0.1, 0.15) is 48.3 Å². The van der Waals surface area contributed by atoms with Gasteiger partial charge in [-0.25, -0.2) is 0 Å². The van der Waals surface area contributed by atoms with Gasteiger partial charge < -0.3 is 10.6 Å². The Hall–Kier alpha value is -3.52. The van der Waals surface area contributed by atoms with Crippen LogP contribution in [0.5, 0.6) is 0 Å². The summed E-state index contributed by atoms with van der Waals surface area (Å²) >= 11 is 0. The van der Waals surface area contributed by atoms with Gasteiger partial charge in [-0.1, -0.05) is 78.9 Å². The Labute approximate surface area is 203 Å². The Morgan fingerprint density at radius 2 is 1.68 bits per heavy atom. The fourth-order valence-corrected chi connectivity index (χ4v) is 5.71. The zero-order valence-corrected chi connectivity index (χ0v) is 19.6. The summed E-state index contributed by atoms with van der Waals surface area (Å²) in [6, 6.07) is 27.3. The van der Waals surface area contributed by atoms with Crippen LogP contribution in [0.4, 0.5) is 5.69 Å². The van der Waals surface area contributed by atoms with Crippen molar-refractivity contribution >= 4 is 11.3 Å². The number of para-hydroxylation sites is 1. The smallest absolute Gasteiger partial charge is 0.0516 e. The molecule has 2 atom stereocenters. The van der Waals surface area contributed by atoms with Crippen LogP contribution in [0.3, 0.4) is 0 Å². The van der Waals surface area contributed by atoms with E-state index in [9.17, 15) is 0 Å². The minimum atomic E-state index is 0.304. The van der Waals surface area contributed by atoms with Crippen LogP contribution in [0, 0.1) is 0 Å². The molecule has 3 aromatic carbocycles. The first-order valence-corrected chi connectivity index (χ1v) is 12.7. The Bertz CT molecular complexity index is 1270. The second kappa shape index (κ2) is 9.38. The van der Waals surface area contributed by atoms with Gasteiger partial charge in [0.05, 0.1) is 6.04 Å². The lowest BCUT2D eigenvalue weighted by atomic mass is 9.78. The van der Waals surface area contributed by atoms with Crippen LogP contribution in [0.25, 0.3) is 16.7 Å². The molecule has 0 spiro atoms. The minimum Gasteiger partial charge on any atom is -0.384 e. The maximum absolute atomic E-state index is 3.92. The van der Waals surface area contributed by atoms with Crippen LogP contribution in [-0.4, -0.2) is 12.6 Å². The molecule has 1 heterocycles. The molecule has 2 aliphatic carbocycles. The van der Waals surface area contributed by atoms with Gasteiger partial charge in [0.2, 0.25) is 0 Å². The molecule has 3 aliphatic rings. The number of hydrogen-bond donors (Lipinski definition) is 2. The highest BCUT2D eigenvalue weighted by Crippen LogP contribution is 2.39. The average Bonchev–Trinajstić information content (AvgIpc) is 2.89. The third-order valence-electron chi connectivity index (χ3n) is 7.46. The molecule has 0 fully saturated rings. The molecule has 2 N–H and O–H groups in total. The standard InChI is InChI=1S/C32H32N2/c1-3-9-24(10-4-1)30-16-15-25(22-32(30)34-28-11-5-2-6-12-28)26-19-23-17-18-33-31-14-8-7-13-29(31)27(20-23)21-26/h1-5,7-11,13-14,19-22,30,32-34H,6,12,15-18H2. The van der Waals surface area contributed by atoms with Crippen LogP contribution in [0.15, 0.2) is 103 Å². The van der Waals surface area contributed by atoms with E-state index in [1.54, 1.807) is 0 Å². The molecule has 0 radical (unpaired) electrons. The Morgan fingerprint density at radius 1 is 0.824 bits per heavy atom. The number of fused-ring (bicyclic) bond motifs is 4. The largest absolute Gasteiger partial charge is 0.384 e. The second-order valence-electron chi connectivity index (χ2n) is 9.72. The molecule has 1 aliphatic heterocycles. The molecule has 6 rings (SSSR count). The van der Waals surface area contributed by atoms with E-state index < -0.39 is 0 Å². The lowest BCUT2D eigenvalue weighted by Gasteiger charge is -2.33. The number of rotatable bonds is 4. The van der Waals surface area contributed by atoms with E-state index in [1.807, 2.05) is 0 Å². The summed E-state index contributed by atoms with van der Waals surface area (Å²) in [6.07, 6.45) is 14.8. The maximum Gasteiger partial charge on any atom is 0.0516 e. The van der Waals surface area contributed by atoms with Gasteiger partial charge in [-0.2, -0.15) is 0 Å². The summed E-state index contributed by atoms with van der Waals surface area (Å²) < 4.78 is 0. The highest BCUT2D eigenvalue weighted by molar-refractivity contribution is 5.82. The van der Waals surface area contributed by atoms with Gasteiger partial charge in [0.25, 0.3) is 0 Å². The van der Waals surface area contributed by atoms with E-state index in [0.29, 0.717) is 12.0 Å². The Kier molecular flexibility index (Phi) is 5.81. The first-order chi connectivity index (χ1) is 16.8. The number of hydrogen-bond acceptors (Lipinski definition) is 2. The van der Waals surface area contributed by atoms with Crippen molar-refractivity contribution in [1.82, 2.24) is 5.32 Å². The monoisotopic (exact) mass is 444 g/mol. The van der Waals surface area contributed by atoms with Crippen LogP contribution >= 0.6 is 0 Å². The molecule has 0 saturated carbocycles. The van der Waals surface area contributed by atoms with Crippen molar-refractivity contribution in [3.63, 3.8) is 0 Å². The van der Waals surface area contributed by atoms with E-state index in [-0.39, 0.29) is 0 Å². The predicted octanol–water partition coefficient (Wildman–Crippen LogP) is 7.47. The molecule has 2 unspecified atom stereocenters. The molecule has 170 valence electrons. The summed E-state index contributed by atoms with van der Waals surface area (Å²) in [5.41, 5.74) is 10.9. The molecule has 34 heavy (non-hydrogen) atoms. The third kappa shape index (κ3) is 4.33. The summed E-state index contributed by atoms with van der Waals surface area (Å²) in [6.45, 7) is 0.973. The van der Waals surface area contributed by atoms with E-state index in [2.05, 4.69) is 108 Å². The topological polar surface area (TPSA) is 24.1 Å². The number of allylic oxidation sites excluding steroid dienone is 5. The van der Waals surface area contributed by atoms with E-state index in [1.165, 1.54) is 44.8 Å². The fraction of sp³-hybridized carbons (Fsp3) is 0.250. The quantitative estimate of drug-likeness (QED) is 0.436. The van der Waals surface area contributed by atoms with Gasteiger partial charge in [0.1, 0.15) is 0 Å². The molecule has 2 bridgehead atoms. The highest BCUT2D eigenvalue weighted by Gasteiger charge is 2.27. The van der Waals surface area contributed by atoms with Gasteiger partial charge in [0, 0.05) is 29.4 Å². The van der Waals surface area contributed by atoms with Gasteiger partial charge in [-0.05, 0) is 78.1 Å². The summed E-state index contributed by atoms with van der Waals surface area (Å²) in [5.74, 6) is 0.489. The van der Waals surface area contributed by atoms with Crippen molar-refractivity contribution in [3.05, 3.63) is 119 Å². The average molecular weight is 445 g/mol. The van der Waals surface area contributed by atoms with E-state index in [4.69, 9.17) is 0 Å². The lowest BCUT2D eigenvalue weighted by molar-refractivity contribution is 0.489. The predicted molar refractivity (Wildman–Crippen MR) is 144 cm³/mol. The zero-order valence-electron chi connectivity index (χ0n) is 19.6. The van der Waals surface area contributed by atoms with Crippen molar-refractivity contribution in [2.24, 2.45) is 0 Å². The van der Waals surface area contributed by atoms with Crippen LogP contribution in [-0.2, 0) is 6.42 Å². The number of anilines is 1. The Balaban J connectivity index is 1.39. The fourth-order valence-electron chi connectivity index (χ4n) is 5.71.